The van der Waals surface area contributed by atoms with Gasteiger partial charge in [-0.25, -0.2) is 4.39 Å². The molecule has 0 aliphatic carbocycles. The second-order valence-corrected chi connectivity index (χ2v) is 9.79. The Morgan fingerprint density at radius 1 is 1.03 bits per heavy atom. The van der Waals surface area contributed by atoms with E-state index in [1.54, 1.807) is 12.1 Å². The predicted molar refractivity (Wildman–Crippen MR) is 133 cm³/mol. The molecule has 5 rings (SSSR count). The number of nitrogens with one attached hydrogen (secondary N) is 2. The van der Waals surface area contributed by atoms with Crippen molar-refractivity contribution in [3.05, 3.63) is 66.0 Å². The van der Waals surface area contributed by atoms with Crippen LogP contribution in [0.1, 0.15) is 24.8 Å². The molecule has 0 radical (unpaired) electrons. The van der Waals surface area contributed by atoms with E-state index in [1.165, 1.54) is 17.8 Å². The molecule has 3 fully saturated rings. The molecule has 0 saturated carbocycles. The molecule has 2 N–H and O–H groups in total. The lowest BCUT2D eigenvalue weighted by Crippen LogP contribution is -2.58. The van der Waals surface area contributed by atoms with Crippen LogP contribution >= 0.6 is 0 Å². The van der Waals surface area contributed by atoms with Crippen LogP contribution in [0.25, 0.3) is 0 Å². The molecule has 0 spiro atoms. The van der Waals surface area contributed by atoms with Crippen LogP contribution in [0, 0.1) is 5.82 Å². The quantitative estimate of drug-likeness (QED) is 0.636. The number of piperazine rings is 2. The number of benzene rings is 2. The molecule has 2 amide bonds. The molecule has 186 valence electrons. The van der Waals surface area contributed by atoms with Gasteiger partial charge in [0, 0.05) is 70.0 Å². The fourth-order valence-electron chi connectivity index (χ4n) is 5.56. The fourth-order valence-corrected chi connectivity index (χ4v) is 5.56. The first-order valence-electron chi connectivity index (χ1n) is 12.7. The van der Waals surface area contributed by atoms with Gasteiger partial charge in [-0.15, -0.1) is 0 Å². The average molecular weight is 480 g/mol. The number of hydrogen-bond acceptors (Lipinski definition) is 5. The lowest BCUT2D eigenvalue weighted by molar-refractivity contribution is -0.132. The summed E-state index contributed by atoms with van der Waals surface area (Å²) in [5.41, 5.74) is 2.23. The Balaban J connectivity index is 1.10. The first-order valence-corrected chi connectivity index (χ1v) is 12.7. The third-order valence-electron chi connectivity index (χ3n) is 7.58. The van der Waals surface area contributed by atoms with E-state index in [9.17, 15) is 14.0 Å². The van der Waals surface area contributed by atoms with E-state index in [4.69, 9.17) is 0 Å². The highest BCUT2D eigenvalue weighted by molar-refractivity contribution is 5.83. The molecule has 3 saturated heterocycles. The lowest BCUT2D eigenvalue weighted by atomic mass is 10.0. The second-order valence-electron chi connectivity index (χ2n) is 9.79. The standard InChI is InChI=1S/C27H34FN5O2/c28-21-8-6-20(7-9-21)17-29-22-16-25-27(35)30-18-24(33(25)19-22)10-11-26(34)32-14-12-31(13-15-32)23-4-2-1-3-5-23/h1-9,22,24-25,29H,10-19H2,(H,30,35)/t22-,24-,25+/m0/s1. The van der Waals surface area contributed by atoms with Crippen LogP contribution in [-0.2, 0) is 16.1 Å². The molecule has 3 heterocycles. The number of nitrogens with zero attached hydrogens (tertiary/aromatic N) is 3. The van der Waals surface area contributed by atoms with E-state index >= 15 is 0 Å². The van der Waals surface area contributed by atoms with Crippen LogP contribution in [0.15, 0.2) is 54.6 Å². The molecule has 2 aromatic rings. The molecule has 0 unspecified atom stereocenters. The van der Waals surface area contributed by atoms with Gasteiger partial charge < -0.3 is 20.4 Å². The van der Waals surface area contributed by atoms with Crippen LogP contribution < -0.4 is 15.5 Å². The van der Waals surface area contributed by atoms with E-state index in [2.05, 4.69) is 32.6 Å². The van der Waals surface area contributed by atoms with E-state index in [-0.39, 0.29) is 35.8 Å². The van der Waals surface area contributed by atoms with Gasteiger partial charge in [0.25, 0.3) is 0 Å². The van der Waals surface area contributed by atoms with Gasteiger partial charge in [0.05, 0.1) is 6.04 Å². The molecule has 0 bridgehead atoms. The summed E-state index contributed by atoms with van der Waals surface area (Å²) < 4.78 is 13.2. The van der Waals surface area contributed by atoms with Crippen LogP contribution in [0.2, 0.25) is 0 Å². The van der Waals surface area contributed by atoms with E-state index < -0.39 is 0 Å². The smallest absolute Gasteiger partial charge is 0.237 e. The highest BCUT2D eigenvalue weighted by Gasteiger charge is 2.43. The van der Waals surface area contributed by atoms with Crippen molar-refractivity contribution in [3.63, 3.8) is 0 Å². The SMILES string of the molecule is O=C1NC[C@H](CCC(=O)N2CCN(c3ccccc3)CC2)N2C[C@@H](NCc3ccc(F)cc3)C[C@H]12. The first kappa shape index (κ1) is 23.8. The number of hydrogen-bond donors (Lipinski definition) is 2. The van der Waals surface area contributed by atoms with Crippen molar-refractivity contribution in [3.8, 4) is 0 Å². The zero-order chi connectivity index (χ0) is 24.2. The van der Waals surface area contributed by atoms with Gasteiger partial charge in [-0.3, -0.25) is 14.5 Å². The fraction of sp³-hybridized carbons (Fsp3) is 0.481. The summed E-state index contributed by atoms with van der Waals surface area (Å²) in [4.78, 5) is 32.0. The molecule has 3 atom stereocenters. The molecule has 2 aromatic carbocycles. The molecule has 0 aromatic heterocycles. The molecule has 7 nitrogen and oxygen atoms in total. The highest BCUT2D eigenvalue weighted by atomic mass is 19.1. The minimum absolute atomic E-state index is 0.0793. The van der Waals surface area contributed by atoms with E-state index in [0.717, 1.165) is 51.1 Å². The molecule has 35 heavy (non-hydrogen) atoms. The van der Waals surface area contributed by atoms with Crippen molar-refractivity contribution >= 4 is 17.5 Å². The molecular weight excluding hydrogens is 445 g/mol. The van der Waals surface area contributed by atoms with Gasteiger partial charge >= 0.3 is 0 Å². The van der Waals surface area contributed by atoms with Gasteiger partial charge in [0.1, 0.15) is 5.82 Å². The van der Waals surface area contributed by atoms with Gasteiger partial charge in [0.15, 0.2) is 0 Å². The van der Waals surface area contributed by atoms with Crippen molar-refractivity contribution in [2.45, 2.75) is 43.9 Å². The highest BCUT2D eigenvalue weighted by Crippen LogP contribution is 2.26. The van der Waals surface area contributed by atoms with Crippen molar-refractivity contribution in [2.75, 3.05) is 44.2 Å². The second kappa shape index (κ2) is 10.7. The number of anilines is 1. The first-order chi connectivity index (χ1) is 17.1. The minimum atomic E-state index is -0.237. The van der Waals surface area contributed by atoms with E-state index in [0.29, 0.717) is 19.5 Å². The Labute approximate surface area is 206 Å². The third-order valence-corrected chi connectivity index (χ3v) is 7.58. The third kappa shape index (κ3) is 5.65. The summed E-state index contributed by atoms with van der Waals surface area (Å²) in [5.74, 6) is 0.0471. The number of halogens is 1. The number of amides is 2. The van der Waals surface area contributed by atoms with Crippen molar-refractivity contribution in [1.82, 2.24) is 20.4 Å². The Bertz CT molecular complexity index is 1010. The van der Waals surface area contributed by atoms with Gasteiger partial charge in [-0.2, -0.15) is 0 Å². The normalized spacial score (nSPS) is 24.8. The van der Waals surface area contributed by atoms with Crippen molar-refractivity contribution in [2.24, 2.45) is 0 Å². The maximum atomic E-state index is 13.2. The van der Waals surface area contributed by atoms with Gasteiger partial charge in [0.2, 0.25) is 11.8 Å². The summed E-state index contributed by atoms with van der Waals surface area (Å²) in [6.07, 6.45) is 2.00. The predicted octanol–water partition coefficient (Wildman–Crippen LogP) is 1.99. The summed E-state index contributed by atoms with van der Waals surface area (Å²) in [6, 6.07) is 17.1. The van der Waals surface area contributed by atoms with Gasteiger partial charge in [-0.1, -0.05) is 30.3 Å². The van der Waals surface area contributed by atoms with Crippen LogP contribution in [0.4, 0.5) is 10.1 Å². The van der Waals surface area contributed by atoms with E-state index in [1.807, 2.05) is 23.1 Å². The maximum Gasteiger partial charge on any atom is 0.237 e. The molecular formula is C27H34FN5O2. The number of fused-ring (bicyclic) bond motifs is 1. The number of rotatable bonds is 7. The Morgan fingerprint density at radius 2 is 1.77 bits per heavy atom. The summed E-state index contributed by atoms with van der Waals surface area (Å²) >= 11 is 0. The minimum Gasteiger partial charge on any atom is -0.368 e. The topological polar surface area (TPSA) is 67.9 Å². The van der Waals surface area contributed by atoms with Crippen LogP contribution in [0.5, 0.6) is 0 Å². The summed E-state index contributed by atoms with van der Waals surface area (Å²) in [6.45, 7) is 5.22. The average Bonchev–Trinajstić information content (AvgIpc) is 3.34. The largest absolute Gasteiger partial charge is 0.368 e. The molecule has 8 heteroatoms. The zero-order valence-corrected chi connectivity index (χ0v) is 20.0. The number of carbonyl (C=O) groups is 2. The Kier molecular flexibility index (Phi) is 7.29. The van der Waals surface area contributed by atoms with Crippen molar-refractivity contribution in [1.29, 1.82) is 0 Å². The van der Waals surface area contributed by atoms with Crippen molar-refractivity contribution < 1.29 is 14.0 Å². The van der Waals surface area contributed by atoms with Crippen LogP contribution in [0.3, 0.4) is 0 Å². The molecule has 3 aliphatic rings. The zero-order valence-electron chi connectivity index (χ0n) is 20.0. The summed E-state index contributed by atoms with van der Waals surface area (Å²) in [5, 5.41) is 6.57. The molecule has 3 aliphatic heterocycles. The van der Waals surface area contributed by atoms with Gasteiger partial charge in [-0.05, 0) is 42.7 Å². The number of carbonyl (C=O) groups excluding carboxylic acids is 2. The maximum absolute atomic E-state index is 13.2. The Morgan fingerprint density at radius 3 is 2.51 bits per heavy atom. The summed E-state index contributed by atoms with van der Waals surface area (Å²) in [7, 11) is 0. The Hall–Kier alpha value is -2.97. The number of para-hydroxylation sites is 1. The lowest BCUT2D eigenvalue weighted by Gasteiger charge is -2.38. The van der Waals surface area contributed by atoms with Crippen LogP contribution in [-0.4, -0.2) is 79.0 Å². The monoisotopic (exact) mass is 479 g/mol.